The molecule has 1 aromatic carbocycles. The fourth-order valence-electron chi connectivity index (χ4n) is 2.42. The molecule has 0 fully saturated rings. The second-order valence-electron chi connectivity index (χ2n) is 5.40. The number of carbonyl (C=O) groups is 1. The minimum atomic E-state index is -3.98. The number of nitrogens with one attached hydrogen (secondary N) is 2. The predicted octanol–water partition coefficient (Wildman–Crippen LogP) is 3.11. The SMILES string of the molecule is CCN(CC)S(=O)(=O)c1c(O)c(NC(=O)Nc2cccc(Cl)c2Cl)nn1C. The minimum absolute atomic E-state index is 0.143. The van der Waals surface area contributed by atoms with Crippen LogP contribution in [-0.2, 0) is 17.1 Å². The monoisotopic (exact) mass is 435 g/mol. The second-order valence-corrected chi connectivity index (χ2v) is 8.03. The minimum Gasteiger partial charge on any atom is -0.502 e. The molecular weight excluding hydrogens is 417 g/mol. The van der Waals surface area contributed by atoms with Crippen molar-refractivity contribution in [2.24, 2.45) is 7.05 Å². The Labute approximate surface area is 166 Å². The number of sulfonamides is 1. The van der Waals surface area contributed by atoms with Crippen molar-refractivity contribution < 1.29 is 18.3 Å². The molecule has 0 saturated heterocycles. The molecule has 0 unspecified atom stereocenters. The van der Waals surface area contributed by atoms with Gasteiger partial charge in [-0.05, 0) is 12.1 Å². The summed E-state index contributed by atoms with van der Waals surface area (Å²) < 4.78 is 27.5. The molecule has 12 heteroatoms. The van der Waals surface area contributed by atoms with Gasteiger partial charge in [-0.3, -0.25) is 10.00 Å². The standard InChI is InChI=1S/C15H19Cl2N5O4S/c1-4-22(5-2)27(25,26)14-12(23)13(20-21(14)3)19-15(24)18-10-8-6-7-9(16)11(10)17/h6-8,23H,4-5H2,1-3H3,(H2,18,19,20,24). The normalized spacial score (nSPS) is 11.6. The summed E-state index contributed by atoms with van der Waals surface area (Å²) in [4.78, 5) is 12.2. The van der Waals surface area contributed by atoms with Gasteiger partial charge in [-0.1, -0.05) is 43.1 Å². The molecule has 3 N–H and O–H groups in total. The number of anilines is 2. The maximum absolute atomic E-state index is 12.7. The van der Waals surface area contributed by atoms with Crippen LogP contribution in [0.5, 0.6) is 5.75 Å². The van der Waals surface area contributed by atoms with E-state index < -0.39 is 26.8 Å². The predicted molar refractivity (Wildman–Crippen MR) is 104 cm³/mol. The van der Waals surface area contributed by atoms with Gasteiger partial charge < -0.3 is 10.4 Å². The number of aromatic hydroxyl groups is 1. The molecule has 148 valence electrons. The average molecular weight is 436 g/mol. The van der Waals surface area contributed by atoms with Crippen molar-refractivity contribution in [3.8, 4) is 5.75 Å². The first-order valence-corrected chi connectivity index (χ1v) is 10.1. The van der Waals surface area contributed by atoms with E-state index in [0.29, 0.717) is 0 Å². The van der Waals surface area contributed by atoms with Gasteiger partial charge in [-0.25, -0.2) is 13.2 Å². The third-order valence-corrected chi connectivity index (χ3v) is 6.65. The third kappa shape index (κ3) is 4.29. The van der Waals surface area contributed by atoms with Crippen LogP contribution in [-0.4, -0.2) is 46.7 Å². The summed E-state index contributed by atoms with van der Waals surface area (Å²) in [6.07, 6.45) is 0. The zero-order chi connectivity index (χ0) is 20.4. The lowest BCUT2D eigenvalue weighted by molar-refractivity contribution is 0.262. The zero-order valence-electron chi connectivity index (χ0n) is 14.8. The molecule has 9 nitrogen and oxygen atoms in total. The Bertz CT molecular complexity index is 957. The summed E-state index contributed by atoms with van der Waals surface area (Å²) >= 11 is 11.9. The fraction of sp³-hybridized carbons (Fsp3) is 0.333. The van der Waals surface area contributed by atoms with E-state index in [0.717, 1.165) is 4.68 Å². The quantitative estimate of drug-likeness (QED) is 0.644. The van der Waals surface area contributed by atoms with Crippen molar-refractivity contribution in [3.63, 3.8) is 0 Å². The highest BCUT2D eigenvalue weighted by Gasteiger charge is 2.32. The van der Waals surface area contributed by atoms with Crippen LogP contribution in [0.2, 0.25) is 10.0 Å². The number of hydrogen-bond acceptors (Lipinski definition) is 5. The van der Waals surface area contributed by atoms with E-state index in [1.807, 2.05) is 0 Å². The number of benzene rings is 1. The summed E-state index contributed by atoms with van der Waals surface area (Å²) in [7, 11) is -2.62. The summed E-state index contributed by atoms with van der Waals surface area (Å²) in [6.45, 7) is 3.80. The molecule has 0 radical (unpaired) electrons. The van der Waals surface area contributed by atoms with Gasteiger partial charge in [-0.2, -0.15) is 4.31 Å². The van der Waals surface area contributed by atoms with E-state index in [-0.39, 0.29) is 34.6 Å². The molecule has 27 heavy (non-hydrogen) atoms. The summed E-state index contributed by atoms with van der Waals surface area (Å²) in [5.74, 6) is -0.962. The molecule has 1 heterocycles. The molecule has 0 saturated carbocycles. The van der Waals surface area contributed by atoms with Gasteiger partial charge in [0.1, 0.15) is 0 Å². The van der Waals surface area contributed by atoms with E-state index in [9.17, 15) is 18.3 Å². The molecule has 2 rings (SSSR count). The van der Waals surface area contributed by atoms with Gasteiger partial charge in [0.25, 0.3) is 10.0 Å². The molecule has 0 spiro atoms. The van der Waals surface area contributed by atoms with Gasteiger partial charge in [0.05, 0.1) is 15.7 Å². The highest BCUT2D eigenvalue weighted by molar-refractivity contribution is 7.89. The molecule has 0 aliphatic heterocycles. The van der Waals surface area contributed by atoms with Crippen LogP contribution >= 0.6 is 23.2 Å². The van der Waals surface area contributed by atoms with Crippen LogP contribution in [0, 0.1) is 0 Å². The van der Waals surface area contributed by atoms with Crippen molar-refractivity contribution in [2.45, 2.75) is 18.9 Å². The Kier molecular flexibility index (Phi) is 6.58. The number of hydrogen-bond donors (Lipinski definition) is 3. The number of aryl methyl sites for hydroxylation is 1. The maximum Gasteiger partial charge on any atom is 0.325 e. The van der Waals surface area contributed by atoms with Gasteiger partial charge >= 0.3 is 6.03 Å². The van der Waals surface area contributed by atoms with Crippen LogP contribution in [0.3, 0.4) is 0 Å². The molecular formula is C15H19Cl2N5O4S. The summed E-state index contributed by atoms with van der Waals surface area (Å²) in [5.41, 5.74) is 0.244. The molecule has 0 atom stereocenters. The Morgan fingerprint density at radius 2 is 1.89 bits per heavy atom. The first-order chi connectivity index (χ1) is 12.6. The zero-order valence-corrected chi connectivity index (χ0v) is 17.2. The average Bonchev–Trinajstić information content (AvgIpc) is 2.86. The largest absolute Gasteiger partial charge is 0.502 e. The highest BCUT2D eigenvalue weighted by atomic mass is 35.5. The van der Waals surface area contributed by atoms with Crippen molar-refractivity contribution in [1.29, 1.82) is 0 Å². The number of nitrogens with zero attached hydrogens (tertiary/aromatic N) is 3. The molecule has 2 aromatic rings. The first-order valence-electron chi connectivity index (χ1n) is 7.91. The molecule has 0 bridgehead atoms. The van der Waals surface area contributed by atoms with E-state index >= 15 is 0 Å². The first kappa shape index (κ1) is 21.3. The van der Waals surface area contributed by atoms with Crippen molar-refractivity contribution >= 4 is 50.8 Å². The van der Waals surface area contributed by atoms with Crippen LogP contribution in [0.15, 0.2) is 23.2 Å². The lowest BCUT2D eigenvalue weighted by Crippen LogP contribution is -2.32. The van der Waals surface area contributed by atoms with Crippen LogP contribution in [0.1, 0.15) is 13.8 Å². The number of aromatic nitrogens is 2. The second kappa shape index (κ2) is 8.34. The molecule has 0 aliphatic carbocycles. The Morgan fingerprint density at radius 3 is 2.48 bits per heavy atom. The van der Waals surface area contributed by atoms with Crippen LogP contribution in [0.4, 0.5) is 16.3 Å². The number of carbonyl (C=O) groups excluding carboxylic acids is 1. The summed E-state index contributed by atoms with van der Waals surface area (Å²) in [6, 6.07) is 3.90. The van der Waals surface area contributed by atoms with Gasteiger partial charge in [0, 0.05) is 20.1 Å². The third-order valence-electron chi connectivity index (χ3n) is 3.69. The smallest absolute Gasteiger partial charge is 0.325 e. The lowest BCUT2D eigenvalue weighted by atomic mass is 10.3. The van der Waals surface area contributed by atoms with Crippen molar-refractivity contribution in [2.75, 3.05) is 23.7 Å². The van der Waals surface area contributed by atoms with E-state index in [4.69, 9.17) is 23.2 Å². The number of amides is 2. The van der Waals surface area contributed by atoms with Gasteiger partial charge in [0.2, 0.25) is 5.03 Å². The number of urea groups is 1. The van der Waals surface area contributed by atoms with Crippen molar-refractivity contribution in [3.05, 3.63) is 28.2 Å². The fourth-order valence-corrected chi connectivity index (χ4v) is 4.41. The molecule has 0 aliphatic rings. The van der Waals surface area contributed by atoms with Crippen molar-refractivity contribution in [1.82, 2.24) is 14.1 Å². The highest BCUT2D eigenvalue weighted by Crippen LogP contribution is 2.33. The van der Waals surface area contributed by atoms with Gasteiger partial charge in [-0.15, -0.1) is 5.10 Å². The van der Waals surface area contributed by atoms with E-state index in [2.05, 4.69) is 15.7 Å². The number of halogens is 2. The van der Waals surface area contributed by atoms with Crippen LogP contribution < -0.4 is 10.6 Å². The molecule has 2 amide bonds. The van der Waals surface area contributed by atoms with Crippen LogP contribution in [0.25, 0.3) is 0 Å². The molecule has 1 aromatic heterocycles. The van der Waals surface area contributed by atoms with E-state index in [1.165, 1.54) is 17.4 Å². The van der Waals surface area contributed by atoms with Gasteiger partial charge in [0.15, 0.2) is 11.6 Å². The summed E-state index contributed by atoms with van der Waals surface area (Å²) in [5, 5.41) is 18.9. The topological polar surface area (TPSA) is 117 Å². The Morgan fingerprint density at radius 1 is 1.26 bits per heavy atom. The van der Waals surface area contributed by atoms with E-state index in [1.54, 1.807) is 26.0 Å². The Hall–Kier alpha value is -2.01. The lowest BCUT2D eigenvalue weighted by Gasteiger charge is -2.18. The Balaban J connectivity index is 2.28. The maximum atomic E-state index is 12.7. The number of rotatable bonds is 6.